The molecule has 1 aromatic rings. The van der Waals surface area contributed by atoms with Crippen LogP contribution in [-0.4, -0.2) is 14.0 Å². The minimum atomic E-state index is -1.07. The molecule has 1 rings (SSSR count). The van der Waals surface area contributed by atoms with Gasteiger partial charge in [-0.25, -0.2) is 0 Å². The molecule has 0 aliphatic carbocycles. The number of nitrogens with zero attached hydrogens (tertiary/aromatic N) is 1. The Morgan fingerprint density at radius 1 is 1.35 bits per heavy atom. The lowest BCUT2D eigenvalue weighted by molar-refractivity contribution is 0.0863. The molecule has 0 spiro atoms. The molecule has 94 valence electrons. The van der Waals surface area contributed by atoms with E-state index < -0.39 is 9.04 Å². The highest BCUT2D eigenvalue weighted by atomic mass is 28.3. The van der Waals surface area contributed by atoms with Crippen molar-refractivity contribution >= 4 is 15.1 Å². The van der Waals surface area contributed by atoms with Gasteiger partial charge in [-0.05, 0) is 36.2 Å². The normalized spacial score (nSPS) is 13.8. The molecular formula is C14H23NOSi. The van der Waals surface area contributed by atoms with Gasteiger partial charge in [0, 0.05) is 6.20 Å². The Labute approximate surface area is 106 Å². The minimum absolute atomic E-state index is 0.0919. The van der Waals surface area contributed by atoms with E-state index >= 15 is 0 Å². The highest BCUT2D eigenvalue weighted by molar-refractivity contribution is 6.48. The number of hydrogen-bond acceptors (Lipinski definition) is 2. The zero-order valence-electron chi connectivity index (χ0n) is 11.5. The molecule has 1 aromatic heterocycles. The summed E-state index contributed by atoms with van der Waals surface area (Å²) in [5.41, 5.74) is 2.15. The van der Waals surface area contributed by atoms with E-state index in [2.05, 4.69) is 51.5 Å². The Bertz CT molecular complexity index is 365. The van der Waals surface area contributed by atoms with Gasteiger partial charge in [0.1, 0.15) is 0 Å². The second kappa shape index (κ2) is 5.60. The van der Waals surface area contributed by atoms with Crippen molar-refractivity contribution in [2.24, 2.45) is 5.41 Å². The fourth-order valence-electron chi connectivity index (χ4n) is 1.75. The molecule has 0 saturated heterocycles. The van der Waals surface area contributed by atoms with Gasteiger partial charge in [0.15, 0.2) is 9.04 Å². The molecule has 0 fully saturated rings. The smallest absolute Gasteiger partial charge is 0.171 e. The molecule has 0 amide bonds. The van der Waals surface area contributed by atoms with Gasteiger partial charge in [0.25, 0.3) is 0 Å². The first-order valence-electron chi connectivity index (χ1n) is 6.08. The van der Waals surface area contributed by atoms with Crippen LogP contribution in [0.4, 0.5) is 0 Å². The van der Waals surface area contributed by atoms with Crippen LogP contribution in [0.2, 0.25) is 13.1 Å². The zero-order valence-corrected chi connectivity index (χ0v) is 12.7. The van der Waals surface area contributed by atoms with Gasteiger partial charge >= 0.3 is 0 Å². The van der Waals surface area contributed by atoms with Crippen LogP contribution in [0, 0.1) is 5.41 Å². The topological polar surface area (TPSA) is 22.1 Å². The SMILES string of the molecule is C=Cc1ccc(C(O[SiH](C)C)C(C)(C)C)cn1. The highest BCUT2D eigenvalue weighted by Gasteiger charge is 2.28. The van der Waals surface area contributed by atoms with Gasteiger partial charge in [-0.15, -0.1) is 0 Å². The maximum Gasteiger partial charge on any atom is 0.171 e. The van der Waals surface area contributed by atoms with E-state index in [1.807, 2.05) is 12.3 Å². The van der Waals surface area contributed by atoms with E-state index in [1.165, 1.54) is 0 Å². The van der Waals surface area contributed by atoms with Gasteiger partial charge in [-0.3, -0.25) is 4.98 Å². The molecule has 0 aliphatic rings. The van der Waals surface area contributed by atoms with E-state index in [0.29, 0.717) is 0 Å². The predicted molar refractivity (Wildman–Crippen MR) is 76.5 cm³/mol. The van der Waals surface area contributed by atoms with Crippen LogP contribution in [0.1, 0.15) is 38.1 Å². The average molecular weight is 249 g/mol. The van der Waals surface area contributed by atoms with E-state index in [0.717, 1.165) is 11.3 Å². The Balaban J connectivity index is 3.00. The summed E-state index contributed by atoms with van der Waals surface area (Å²) in [6.07, 6.45) is 3.79. The summed E-state index contributed by atoms with van der Waals surface area (Å²) in [7, 11) is -1.07. The van der Waals surface area contributed by atoms with E-state index in [9.17, 15) is 0 Å². The molecule has 1 unspecified atom stereocenters. The molecular weight excluding hydrogens is 226 g/mol. The largest absolute Gasteiger partial charge is 0.413 e. The quantitative estimate of drug-likeness (QED) is 0.757. The van der Waals surface area contributed by atoms with Gasteiger partial charge in [-0.2, -0.15) is 0 Å². The molecule has 0 N–H and O–H groups in total. The van der Waals surface area contributed by atoms with Gasteiger partial charge in [-0.1, -0.05) is 33.4 Å². The Morgan fingerprint density at radius 3 is 2.35 bits per heavy atom. The molecule has 1 heterocycles. The third-order valence-electron chi connectivity index (χ3n) is 2.52. The lowest BCUT2D eigenvalue weighted by Gasteiger charge is -2.32. The molecule has 1 atom stereocenters. The van der Waals surface area contributed by atoms with Crippen molar-refractivity contribution in [1.82, 2.24) is 4.98 Å². The molecule has 0 bridgehead atoms. The van der Waals surface area contributed by atoms with Crippen LogP contribution in [0.15, 0.2) is 24.9 Å². The minimum Gasteiger partial charge on any atom is -0.413 e. The van der Waals surface area contributed by atoms with Crippen molar-refractivity contribution in [1.29, 1.82) is 0 Å². The third-order valence-corrected chi connectivity index (χ3v) is 3.33. The zero-order chi connectivity index (χ0) is 13.1. The van der Waals surface area contributed by atoms with E-state index in [4.69, 9.17) is 4.43 Å². The van der Waals surface area contributed by atoms with Crippen molar-refractivity contribution in [3.8, 4) is 0 Å². The number of rotatable bonds is 4. The van der Waals surface area contributed by atoms with Crippen molar-refractivity contribution in [3.05, 3.63) is 36.2 Å². The van der Waals surface area contributed by atoms with Crippen LogP contribution >= 0.6 is 0 Å². The average Bonchev–Trinajstić information content (AvgIpc) is 2.24. The summed E-state index contributed by atoms with van der Waals surface area (Å²) < 4.78 is 6.15. The fourth-order valence-corrected chi connectivity index (χ4v) is 2.86. The number of pyridine rings is 1. The highest BCUT2D eigenvalue weighted by Crippen LogP contribution is 2.36. The molecule has 3 heteroatoms. The van der Waals surface area contributed by atoms with Crippen molar-refractivity contribution in [2.75, 3.05) is 0 Å². The lowest BCUT2D eigenvalue weighted by atomic mass is 9.85. The van der Waals surface area contributed by atoms with Gasteiger partial charge < -0.3 is 4.43 Å². The maximum absolute atomic E-state index is 6.15. The Hall–Kier alpha value is -0.933. The number of hydrogen-bond donors (Lipinski definition) is 0. The molecule has 0 radical (unpaired) electrons. The van der Waals surface area contributed by atoms with Crippen LogP contribution in [0.25, 0.3) is 6.08 Å². The summed E-state index contributed by atoms with van der Waals surface area (Å²) in [5.74, 6) is 0. The summed E-state index contributed by atoms with van der Waals surface area (Å²) in [6, 6.07) is 4.09. The summed E-state index contributed by atoms with van der Waals surface area (Å²) in [4.78, 5) is 4.36. The van der Waals surface area contributed by atoms with E-state index in [-0.39, 0.29) is 11.5 Å². The fraction of sp³-hybridized carbons (Fsp3) is 0.500. The van der Waals surface area contributed by atoms with Crippen LogP contribution in [0.5, 0.6) is 0 Å². The first kappa shape index (κ1) is 14.1. The van der Waals surface area contributed by atoms with E-state index in [1.54, 1.807) is 6.08 Å². The molecule has 0 saturated carbocycles. The van der Waals surface area contributed by atoms with Crippen LogP contribution in [-0.2, 0) is 4.43 Å². The van der Waals surface area contributed by atoms with Crippen molar-refractivity contribution < 1.29 is 4.43 Å². The van der Waals surface area contributed by atoms with Gasteiger partial charge in [0.2, 0.25) is 0 Å². The van der Waals surface area contributed by atoms with Gasteiger partial charge in [0.05, 0.1) is 11.8 Å². The van der Waals surface area contributed by atoms with Crippen molar-refractivity contribution in [2.45, 2.75) is 40.0 Å². The third kappa shape index (κ3) is 4.09. The van der Waals surface area contributed by atoms with Crippen LogP contribution in [0.3, 0.4) is 0 Å². The summed E-state index contributed by atoms with van der Waals surface area (Å²) >= 11 is 0. The Kier molecular flexibility index (Phi) is 4.66. The summed E-state index contributed by atoms with van der Waals surface area (Å²) in [6.45, 7) is 14.7. The first-order chi connectivity index (χ1) is 7.84. The molecule has 17 heavy (non-hydrogen) atoms. The molecule has 0 aromatic carbocycles. The summed E-state index contributed by atoms with van der Waals surface area (Å²) in [5, 5.41) is 0. The lowest BCUT2D eigenvalue weighted by Crippen LogP contribution is -2.26. The Morgan fingerprint density at radius 2 is 2.00 bits per heavy atom. The predicted octanol–water partition coefficient (Wildman–Crippen LogP) is 3.81. The second-order valence-electron chi connectivity index (χ2n) is 5.65. The standard InChI is InChI=1S/C14H23NOSi/c1-7-12-9-8-11(10-15-12)13(14(2,3)4)16-17(5)6/h7-10,13,17H,1H2,2-6H3. The first-order valence-corrected chi connectivity index (χ1v) is 8.86. The van der Waals surface area contributed by atoms with Crippen LogP contribution < -0.4 is 0 Å². The van der Waals surface area contributed by atoms with Crippen molar-refractivity contribution in [3.63, 3.8) is 0 Å². The molecule has 0 aliphatic heterocycles. The second-order valence-corrected chi connectivity index (χ2v) is 8.02. The molecule has 2 nitrogen and oxygen atoms in total. The maximum atomic E-state index is 6.15. The number of aromatic nitrogens is 1. The monoisotopic (exact) mass is 249 g/mol.